The number of rotatable bonds is 3. The number of hydrogen-bond acceptors (Lipinski definition) is 5. The number of aromatic nitrogens is 2. The van der Waals surface area contributed by atoms with Gasteiger partial charge in [-0.2, -0.15) is 0 Å². The van der Waals surface area contributed by atoms with Crippen LogP contribution in [0.2, 0.25) is 0 Å². The summed E-state index contributed by atoms with van der Waals surface area (Å²) in [5.74, 6) is -0.752. The zero-order valence-corrected chi connectivity index (χ0v) is 12.9. The molecule has 2 heterocycles. The highest BCUT2D eigenvalue weighted by Gasteiger charge is 2.23. The van der Waals surface area contributed by atoms with Gasteiger partial charge in [0.1, 0.15) is 12.0 Å². The number of nitrogens with zero attached hydrogens (tertiary/aromatic N) is 3. The summed E-state index contributed by atoms with van der Waals surface area (Å²) in [5.41, 5.74) is 6.98. The minimum atomic E-state index is -0.924. The molecule has 5 nitrogen and oxygen atoms in total. The number of halogens is 2. The Morgan fingerprint density at radius 1 is 1.22 bits per heavy atom. The number of hydrogen-bond donors (Lipinski definition) is 2. The molecule has 0 aliphatic carbocycles. The highest BCUT2D eigenvalue weighted by atomic mass is 19.2. The van der Waals surface area contributed by atoms with Crippen molar-refractivity contribution in [3.05, 3.63) is 36.2 Å². The smallest absolute Gasteiger partial charge is 0.160 e. The van der Waals surface area contributed by atoms with Gasteiger partial charge in [-0.25, -0.2) is 18.7 Å². The van der Waals surface area contributed by atoms with Crippen LogP contribution in [0, 0.1) is 11.6 Å². The summed E-state index contributed by atoms with van der Waals surface area (Å²) in [5, 5.41) is 2.93. The average Bonchev–Trinajstić information content (AvgIpc) is 2.54. The lowest BCUT2D eigenvalue weighted by atomic mass is 10.0. The molecule has 2 aromatic rings. The molecule has 1 fully saturated rings. The molecule has 0 amide bonds. The minimum absolute atomic E-state index is 0.358. The minimum Gasteiger partial charge on any atom is -0.393 e. The Balaban J connectivity index is 1.88. The van der Waals surface area contributed by atoms with Crippen LogP contribution < -0.4 is 16.0 Å². The highest BCUT2D eigenvalue weighted by Crippen LogP contribution is 2.32. The van der Waals surface area contributed by atoms with E-state index >= 15 is 0 Å². The summed E-state index contributed by atoms with van der Waals surface area (Å²) in [6, 6.07) is 3.92. The Labute approximate surface area is 133 Å². The van der Waals surface area contributed by atoms with Gasteiger partial charge in [-0.1, -0.05) is 0 Å². The van der Waals surface area contributed by atoms with E-state index in [0.29, 0.717) is 29.1 Å². The van der Waals surface area contributed by atoms with Gasteiger partial charge in [0.15, 0.2) is 23.3 Å². The predicted octanol–water partition coefficient (Wildman–Crippen LogP) is 3.46. The van der Waals surface area contributed by atoms with Gasteiger partial charge in [0.25, 0.3) is 0 Å². The van der Waals surface area contributed by atoms with E-state index in [1.807, 2.05) is 0 Å². The van der Waals surface area contributed by atoms with Crippen molar-refractivity contribution in [1.82, 2.24) is 9.97 Å². The van der Waals surface area contributed by atoms with Crippen molar-refractivity contribution in [2.75, 3.05) is 22.5 Å². The topological polar surface area (TPSA) is 67.1 Å². The van der Waals surface area contributed by atoms with Crippen molar-refractivity contribution in [2.45, 2.75) is 32.2 Å². The van der Waals surface area contributed by atoms with Crippen LogP contribution >= 0.6 is 0 Å². The fourth-order valence-corrected chi connectivity index (χ4v) is 2.84. The molecule has 3 N–H and O–H groups in total. The van der Waals surface area contributed by atoms with Gasteiger partial charge >= 0.3 is 0 Å². The summed E-state index contributed by atoms with van der Waals surface area (Å²) in [6.07, 6.45) is 4.81. The van der Waals surface area contributed by atoms with Gasteiger partial charge in [-0.3, -0.25) is 0 Å². The molecule has 122 valence electrons. The molecule has 1 saturated heterocycles. The maximum atomic E-state index is 13.3. The average molecular weight is 319 g/mol. The Bertz CT molecular complexity index is 707. The van der Waals surface area contributed by atoms with Crippen LogP contribution in [0.25, 0.3) is 0 Å². The molecule has 1 aliphatic rings. The number of nitrogens with two attached hydrogens (primary N) is 1. The Morgan fingerprint density at radius 2 is 2.04 bits per heavy atom. The molecule has 3 rings (SSSR count). The van der Waals surface area contributed by atoms with Crippen molar-refractivity contribution in [2.24, 2.45) is 0 Å². The van der Waals surface area contributed by atoms with E-state index in [0.717, 1.165) is 31.5 Å². The first-order valence-electron chi connectivity index (χ1n) is 7.65. The van der Waals surface area contributed by atoms with E-state index in [2.05, 4.69) is 27.1 Å². The number of anilines is 4. The highest BCUT2D eigenvalue weighted by molar-refractivity contribution is 5.78. The molecule has 1 aromatic carbocycles. The molecular weight excluding hydrogens is 300 g/mol. The molecular formula is C16H19F2N5. The lowest BCUT2D eigenvalue weighted by molar-refractivity contribution is 0.481. The van der Waals surface area contributed by atoms with Gasteiger partial charge in [-0.15, -0.1) is 0 Å². The van der Waals surface area contributed by atoms with Crippen molar-refractivity contribution in [1.29, 1.82) is 0 Å². The van der Waals surface area contributed by atoms with E-state index in [9.17, 15) is 8.78 Å². The van der Waals surface area contributed by atoms with Crippen LogP contribution in [0.1, 0.15) is 26.2 Å². The van der Waals surface area contributed by atoms with Crippen molar-refractivity contribution >= 4 is 23.0 Å². The van der Waals surface area contributed by atoms with E-state index in [1.165, 1.54) is 18.8 Å². The second kappa shape index (κ2) is 6.36. The summed E-state index contributed by atoms with van der Waals surface area (Å²) in [6.45, 7) is 3.04. The Morgan fingerprint density at radius 3 is 2.78 bits per heavy atom. The SMILES string of the molecule is CC1CCCCN1c1ncnc(Nc2ccc(F)c(F)c2)c1N. The maximum absolute atomic E-state index is 13.3. The van der Waals surface area contributed by atoms with Crippen molar-refractivity contribution < 1.29 is 8.78 Å². The van der Waals surface area contributed by atoms with Gasteiger partial charge in [-0.05, 0) is 38.3 Å². The molecule has 0 bridgehead atoms. The summed E-state index contributed by atoms with van der Waals surface area (Å²) >= 11 is 0. The molecule has 1 unspecified atom stereocenters. The van der Waals surface area contributed by atoms with E-state index in [1.54, 1.807) is 0 Å². The summed E-state index contributed by atoms with van der Waals surface area (Å²) in [7, 11) is 0. The third-order valence-electron chi connectivity index (χ3n) is 4.12. The lowest BCUT2D eigenvalue weighted by Crippen LogP contribution is -2.38. The predicted molar refractivity (Wildman–Crippen MR) is 86.7 cm³/mol. The molecule has 0 spiro atoms. The zero-order chi connectivity index (χ0) is 16.4. The molecule has 0 saturated carbocycles. The lowest BCUT2D eigenvalue weighted by Gasteiger charge is -2.35. The molecule has 1 atom stereocenters. The molecule has 1 aliphatic heterocycles. The standard InChI is InChI=1S/C16H19F2N5/c1-10-4-2-3-7-23(10)16-14(19)15(20-9-21-16)22-11-5-6-12(17)13(18)8-11/h5-6,8-10H,2-4,7,19H2,1H3,(H,20,21,22). The van der Waals surface area contributed by atoms with Crippen LogP contribution in [-0.4, -0.2) is 22.6 Å². The first-order valence-corrected chi connectivity index (χ1v) is 7.65. The number of benzene rings is 1. The maximum Gasteiger partial charge on any atom is 0.160 e. The van der Waals surface area contributed by atoms with Crippen molar-refractivity contribution in [3.63, 3.8) is 0 Å². The number of nitrogens with one attached hydrogen (secondary N) is 1. The third kappa shape index (κ3) is 3.18. The van der Waals surface area contributed by atoms with Gasteiger partial charge in [0.05, 0.1) is 0 Å². The van der Waals surface area contributed by atoms with Crippen LogP contribution in [-0.2, 0) is 0 Å². The van der Waals surface area contributed by atoms with Gasteiger partial charge < -0.3 is 16.0 Å². The molecule has 23 heavy (non-hydrogen) atoms. The zero-order valence-electron chi connectivity index (χ0n) is 12.9. The Hall–Kier alpha value is -2.44. The number of piperidine rings is 1. The van der Waals surface area contributed by atoms with E-state index in [4.69, 9.17) is 5.73 Å². The monoisotopic (exact) mass is 319 g/mol. The summed E-state index contributed by atoms with van der Waals surface area (Å²) < 4.78 is 26.3. The van der Waals surface area contributed by atoms with Crippen molar-refractivity contribution in [3.8, 4) is 0 Å². The number of nitrogen functional groups attached to an aromatic ring is 1. The largest absolute Gasteiger partial charge is 0.393 e. The first kappa shape index (κ1) is 15.5. The van der Waals surface area contributed by atoms with Crippen LogP contribution in [0.3, 0.4) is 0 Å². The quantitative estimate of drug-likeness (QED) is 0.907. The fourth-order valence-electron chi connectivity index (χ4n) is 2.84. The third-order valence-corrected chi connectivity index (χ3v) is 4.12. The Kier molecular flexibility index (Phi) is 4.27. The molecule has 7 heteroatoms. The second-order valence-corrected chi connectivity index (χ2v) is 5.75. The van der Waals surface area contributed by atoms with E-state index < -0.39 is 11.6 Å². The first-order chi connectivity index (χ1) is 11.1. The van der Waals surface area contributed by atoms with Crippen LogP contribution in [0.5, 0.6) is 0 Å². The molecule has 0 radical (unpaired) electrons. The van der Waals surface area contributed by atoms with E-state index in [-0.39, 0.29) is 0 Å². The second-order valence-electron chi connectivity index (χ2n) is 5.75. The van der Waals surface area contributed by atoms with Crippen LogP contribution in [0.15, 0.2) is 24.5 Å². The normalized spacial score (nSPS) is 18.0. The van der Waals surface area contributed by atoms with Crippen LogP contribution in [0.4, 0.5) is 31.8 Å². The fraction of sp³-hybridized carbons (Fsp3) is 0.375. The van der Waals surface area contributed by atoms with Gasteiger partial charge in [0, 0.05) is 24.3 Å². The summed E-state index contributed by atoms with van der Waals surface area (Å²) in [4.78, 5) is 10.6. The van der Waals surface area contributed by atoms with Gasteiger partial charge in [0.2, 0.25) is 0 Å². The molecule has 1 aromatic heterocycles.